The van der Waals surface area contributed by atoms with Crippen LogP contribution in [0, 0.1) is 20.8 Å². The highest BCUT2D eigenvalue weighted by Gasteiger charge is 2.31. The number of thiocarbonyl (C=S) groups is 1. The number of aryl methyl sites for hydroxylation is 3. The average Bonchev–Trinajstić information content (AvgIpc) is 2.98. The maximum atomic E-state index is 12.6. The molecule has 3 rings (SSSR count). The van der Waals surface area contributed by atoms with Crippen LogP contribution in [-0.2, 0) is 9.59 Å². The molecule has 1 aliphatic rings. The van der Waals surface area contributed by atoms with Crippen LogP contribution in [0.3, 0.4) is 0 Å². The maximum absolute atomic E-state index is 12.6. The zero-order valence-electron chi connectivity index (χ0n) is 17.7. The summed E-state index contributed by atoms with van der Waals surface area (Å²) in [7, 11) is 0. The van der Waals surface area contributed by atoms with E-state index in [9.17, 15) is 9.59 Å². The number of nitrogens with one attached hydrogen (secondary N) is 1. The Hall–Kier alpha value is -2.90. The van der Waals surface area contributed by atoms with Crippen LogP contribution in [-0.4, -0.2) is 34.2 Å². The summed E-state index contributed by atoms with van der Waals surface area (Å²) in [6.45, 7) is 9.85. The van der Waals surface area contributed by atoms with E-state index in [0.29, 0.717) is 27.1 Å². The normalized spacial score (nSPS) is 14.8. The van der Waals surface area contributed by atoms with E-state index in [0.717, 1.165) is 22.4 Å². The highest BCUT2D eigenvalue weighted by Crippen LogP contribution is 2.34. The Morgan fingerprint density at radius 3 is 2.58 bits per heavy atom. The van der Waals surface area contributed by atoms with Crippen LogP contribution < -0.4 is 10.1 Å². The third kappa shape index (κ3) is 5.42. The lowest BCUT2D eigenvalue weighted by Gasteiger charge is -2.14. The van der Waals surface area contributed by atoms with Gasteiger partial charge in [0, 0.05) is 17.8 Å². The van der Waals surface area contributed by atoms with Gasteiger partial charge in [-0.25, -0.2) is 0 Å². The van der Waals surface area contributed by atoms with Gasteiger partial charge in [0.1, 0.15) is 10.1 Å². The summed E-state index contributed by atoms with van der Waals surface area (Å²) < 4.78 is 6.28. The number of nitrogens with zero attached hydrogens (tertiary/aromatic N) is 1. The van der Waals surface area contributed by atoms with Gasteiger partial charge in [0.15, 0.2) is 6.61 Å². The predicted octanol–water partition coefficient (Wildman–Crippen LogP) is 5.02. The average molecular weight is 453 g/mol. The summed E-state index contributed by atoms with van der Waals surface area (Å²) in [6, 6.07) is 11.3. The lowest BCUT2D eigenvalue weighted by Crippen LogP contribution is -2.27. The van der Waals surface area contributed by atoms with Crippen LogP contribution in [0.15, 0.2) is 54.0 Å². The zero-order valence-corrected chi connectivity index (χ0v) is 19.4. The van der Waals surface area contributed by atoms with Crippen molar-refractivity contribution in [2.45, 2.75) is 20.8 Å². The Labute approximate surface area is 192 Å². The topological polar surface area (TPSA) is 58.6 Å². The standard InChI is InChI=1S/C24H24N2O3S2/c1-5-10-26-23(28)20(31-24(26)30)13-18-8-6-7-9-19(18)29-14-21(27)25-22-16(3)11-15(2)12-17(22)4/h5-9,11-13H,1,10,14H2,2-4H3,(H,25,27)/b20-13-. The van der Waals surface area contributed by atoms with Crippen molar-refractivity contribution in [3.8, 4) is 5.75 Å². The van der Waals surface area contributed by atoms with E-state index in [-0.39, 0.29) is 18.4 Å². The van der Waals surface area contributed by atoms with Gasteiger partial charge < -0.3 is 10.1 Å². The minimum absolute atomic E-state index is 0.144. The number of carbonyl (C=O) groups excluding carboxylic acids is 2. The zero-order chi connectivity index (χ0) is 22.5. The van der Waals surface area contributed by atoms with Crippen molar-refractivity contribution >= 4 is 51.9 Å². The van der Waals surface area contributed by atoms with Crippen molar-refractivity contribution < 1.29 is 14.3 Å². The number of rotatable bonds is 7. The second-order valence-electron chi connectivity index (χ2n) is 7.23. The van der Waals surface area contributed by atoms with Crippen LogP contribution in [0.4, 0.5) is 5.69 Å². The van der Waals surface area contributed by atoms with Gasteiger partial charge in [0.25, 0.3) is 11.8 Å². The summed E-state index contributed by atoms with van der Waals surface area (Å²) in [4.78, 5) is 27.1. The van der Waals surface area contributed by atoms with E-state index in [2.05, 4.69) is 11.9 Å². The summed E-state index contributed by atoms with van der Waals surface area (Å²) in [5, 5.41) is 2.93. The SMILES string of the molecule is C=CCN1C(=O)/C(=C/c2ccccc2OCC(=O)Nc2c(C)cc(C)cc2C)SC1=S. The van der Waals surface area contributed by atoms with Crippen LogP contribution in [0.25, 0.3) is 6.08 Å². The largest absolute Gasteiger partial charge is 0.483 e. The molecule has 2 aromatic carbocycles. The molecule has 0 aromatic heterocycles. The highest BCUT2D eigenvalue weighted by atomic mass is 32.2. The van der Waals surface area contributed by atoms with E-state index < -0.39 is 0 Å². The van der Waals surface area contributed by atoms with E-state index in [1.165, 1.54) is 16.7 Å². The van der Waals surface area contributed by atoms with E-state index in [4.69, 9.17) is 17.0 Å². The molecular formula is C24H24N2O3S2. The molecule has 0 unspecified atom stereocenters. The number of carbonyl (C=O) groups is 2. The van der Waals surface area contributed by atoms with Gasteiger partial charge in [0.2, 0.25) is 0 Å². The monoisotopic (exact) mass is 452 g/mol. The molecule has 2 amide bonds. The second-order valence-corrected chi connectivity index (χ2v) is 8.91. The number of anilines is 1. The van der Waals surface area contributed by atoms with Gasteiger partial charge in [-0.3, -0.25) is 14.5 Å². The van der Waals surface area contributed by atoms with Crippen LogP contribution >= 0.6 is 24.0 Å². The quantitative estimate of drug-likeness (QED) is 0.363. The van der Waals surface area contributed by atoms with Crippen LogP contribution in [0.1, 0.15) is 22.3 Å². The molecule has 0 aliphatic carbocycles. The number of amides is 2. The molecule has 2 aromatic rings. The second kappa shape index (κ2) is 9.94. The van der Waals surface area contributed by atoms with Gasteiger partial charge in [-0.05, 0) is 44.0 Å². The lowest BCUT2D eigenvalue weighted by atomic mass is 10.1. The van der Waals surface area contributed by atoms with Gasteiger partial charge in [0.05, 0.1) is 4.91 Å². The molecule has 1 aliphatic heterocycles. The summed E-state index contributed by atoms with van der Waals surface area (Å²) in [5.74, 6) is 0.110. The first-order valence-corrected chi connectivity index (χ1v) is 11.0. The molecule has 0 spiro atoms. The minimum Gasteiger partial charge on any atom is -0.483 e. The Kier molecular flexibility index (Phi) is 7.30. The Bertz CT molecular complexity index is 1070. The minimum atomic E-state index is -0.248. The van der Waals surface area contributed by atoms with E-state index in [1.54, 1.807) is 18.2 Å². The Balaban J connectivity index is 1.72. The fourth-order valence-corrected chi connectivity index (χ4v) is 4.62. The van der Waals surface area contributed by atoms with Crippen molar-refractivity contribution in [3.05, 3.63) is 76.2 Å². The molecule has 0 radical (unpaired) electrons. The van der Waals surface area contributed by atoms with Gasteiger partial charge >= 0.3 is 0 Å². The van der Waals surface area contributed by atoms with Crippen molar-refractivity contribution in [1.82, 2.24) is 4.90 Å². The van der Waals surface area contributed by atoms with Gasteiger partial charge in [-0.1, -0.05) is 66.0 Å². The number of thioether (sulfide) groups is 1. The summed E-state index contributed by atoms with van der Waals surface area (Å²) in [6.07, 6.45) is 3.38. The van der Waals surface area contributed by atoms with E-state index in [1.807, 2.05) is 51.1 Å². The van der Waals surface area contributed by atoms with Gasteiger partial charge in [-0.2, -0.15) is 0 Å². The van der Waals surface area contributed by atoms with Gasteiger partial charge in [-0.15, -0.1) is 6.58 Å². The molecule has 1 N–H and O–H groups in total. The molecule has 0 atom stereocenters. The summed E-state index contributed by atoms with van der Waals surface area (Å²) >= 11 is 6.52. The third-order valence-corrected chi connectivity index (χ3v) is 6.07. The first-order valence-electron chi connectivity index (χ1n) is 9.76. The van der Waals surface area contributed by atoms with Crippen LogP contribution in [0.2, 0.25) is 0 Å². The molecule has 1 heterocycles. The molecule has 0 bridgehead atoms. The molecule has 160 valence electrons. The molecular weight excluding hydrogens is 428 g/mol. The number of para-hydroxylation sites is 1. The molecule has 31 heavy (non-hydrogen) atoms. The number of ether oxygens (including phenoxy) is 1. The molecule has 0 saturated carbocycles. The molecule has 1 saturated heterocycles. The fraction of sp³-hybridized carbons (Fsp3) is 0.208. The molecule has 5 nitrogen and oxygen atoms in total. The number of benzene rings is 2. The Morgan fingerprint density at radius 2 is 1.90 bits per heavy atom. The number of hydrogen-bond donors (Lipinski definition) is 1. The molecule has 1 fully saturated rings. The first-order chi connectivity index (χ1) is 14.8. The molecule has 7 heteroatoms. The van der Waals surface area contributed by atoms with Crippen molar-refractivity contribution in [3.63, 3.8) is 0 Å². The third-order valence-electron chi connectivity index (χ3n) is 4.69. The predicted molar refractivity (Wildman–Crippen MR) is 131 cm³/mol. The Morgan fingerprint density at radius 1 is 1.23 bits per heavy atom. The highest BCUT2D eigenvalue weighted by molar-refractivity contribution is 8.26. The summed E-state index contributed by atoms with van der Waals surface area (Å²) in [5.41, 5.74) is 4.67. The van der Waals surface area contributed by atoms with E-state index >= 15 is 0 Å². The lowest BCUT2D eigenvalue weighted by molar-refractivity contribution is -0.121. The van der Waals surface area contributed by atoms with Crippen molar-refractivity contribution in [2.75, 3.05) is 18.5 Å². The van der Waals surface area contributed by atoms with Crippen LogP contribution in [0.5, 0.6) is 5.75 Å². The first kappa shape index (κ1) is 22.8. The maximum Gasteiger partial charge on any atom is 0.266 e. The van der Waals surface area contributed by atoms with Crippen molar-refractivity contribution in [2.24, 2.45) is 0 Å². The van der Waals surface area contributed by atoms with Crippen molar-refractivity contribution in [1.29, 1.82) is 0 Å². The number of hydrogen-bond acceptors (Lipinski definition) is 5. The smallest absolute Gasteiger partial charge is 0.266 e. The fourth-order valence-electron chi connectivity index (χ4n) is 3.35.